The minimum atomic E-state index is -0.840. The third-order valence-corrected chi connectivity index (χ3v) is 4.60. The van der Waals surface area contributed by atoms with Gasteiger partial charge in [-0.15, -0.1) is 11.6 Å². The summed E-state index contributed by atoms with van der Waals surface area (Å²) in [6.45, 7) is 4.36. The van der Waals surface area contributed by atoms with Gasteiger partial charge in [-0.1, -0.05) is 6.92 Å². The molecule has 1 aromatic carbocycles. The van der Waals surface area contributed by atoms with Crippen molar-refractivity contribution in [3.8, 4) is 6.07 Å². The van der Waals surface area contributed by atoms with Crippen LogP contribution in [-0.2, 0) is 17.3 Å². The molecule has 1 aromatic heterocycles. The van der Waals surface area contributed by atoms with E-state index in [4.69, 9.17) is 16.9 Å². The van der Waals surface area contributed by atoms with E-state index in [0.29, 0.717) is 23.6 Å². The molecule has 4 nitrogen and oxygen atoms in total. The maximum Gasteiger partial charge on any atom is 0.127 e. The molecule has 0 aliphatic heterocycles. The molecule has 2 unspecified atom stereocenters. The largest absolute Gasteiger partial charge is 0.326 e. The van der Waals surface area contributed by atoms with Gasteiger partial charge in [0.1, 0.15) is 5.82 Å². The van der Waals surface area contributed by atoms with Crippen LogP contribution in [0.4, 0.5) is 0 Å². The van der Waals surface area contributed by atoms with Crippen LogP contribution in [0.2, 0.25) is 0 Å². The van der Waals surface area contributed by atoms with Crippen molar-refractivity contribution < 1.29 is 4.21 Å². The molecular weight excluding hydrogens is 294 g/mol. The average molecular weight is 310 g/mol. The van der Waals surface area contributed by atoms with Gasteiger partial charge in [-0.25, -0.2) is 4.98 Å². The molecule has 2 atom stereocenters. The van der Waals surface area contributed by atoms with Gasteiger partial charge in [0, 0.05) is 28.9 Å². The van der Waals surface area contributed by atoms with Crippen LogP contribution in [0.5, 0.6) is 0 Å². The topological polar surface area (TPSA) is 58.7 Å². The standard InChI is InChI=1S/C14H16ClN3OS/c1-3-20(19)7-6-18-13-8-11(9-16)4-5-12(13)17-14(18)10(2)15/h4-5,8,10H,3,6-7H2,1-2H3. The molecule has 0 saturated carbocycles. The van der Waals surface area contributed by atoms with Crippen molar-refractivity contribution in [2.45, 2.75) is 25.8 Å². The average Bonchev–Trinajstić information content (AvgIpc) is 2.82. The summed E-state index contributed by atoms with van der Waals surface area (Å²) in [5, 5.41) is 8.77. The Bertz CT molecular complexity index is 688. The van der Waals surface area contributed by atoms with Crippen LogP contribution in [0.3, 0.4) is 0 Å². The number of aryl methyl sites for hydroxylation is 1. The van der Waals surface area contributed by atoms with E-state index in [-0.39, 0.29) is 5.38 Å². The summed E-state index contributed by atoms with van der Waals surface area (Å²) in [5.41, 5.74) is 2.28. The highest BCUT2D eigenvalue weighted by Gasteiger charge is 2.15. The molecular formula is C14H16ClN3OS. The number of benzene rings is 1. The molecule has 0 amide bonds. The van der Waals surface area contributed by atoms with Crippen molar-refractivity contribution in [2.24, 2.45) is 0 Å². The zero-order chi connectivity index (χ0) is 14.7. The van der Waals surface area contributed by atoms with Gasteiger partial charge >= 0.3 is 0 Å². The number of fused-ring (bicyclic) bond motifs is 1. The molecule has 2 aromatic rings. The first-order chi connectivity index (χ1) is 9.56. The van der Waals surface area contributed by atoms with Crippen LogP contribution >= 0.6 is 11.6 Å². The Kier molecular flexibility index (Phi) is 4.79. The van der Waals surface area contributed by atoms with Crippen LogP contribution in [0.25, 0.3) is 11.0 Å². The third kappa shape index (κ3) is 3.02. The van der Waals surface area contributed by atoms with Gasteiger partial charge in [-0.2, -0.15) is 5.26 Å². The van der Waals surface area contributed by atoms with Crippen molar-refractivity contribution in [1.29, 1.82) is 5.26 Å². The monoisotopic (exact) mass is 309 g/mol. The molecule has 0 fully saturated rings. The second-order valence-corrected chi connectivity index (χ2v) is 7.01. The van der Waals surface area contributed by atoms with Crippen molar-refractivity contribution in [2.75, 3.05) is 11.5 Å². The van der Waals surface area contributed by atoms with Gasteiger partial charge in [0.2, 0.25) is 0 Å². The van der Waals surface area contributed by atoms with E-state index in [1.165, 1.54) is 0 Å². The Hall–Kier alpha value is -1.38. The highest BCUT2D eigenvalue weighted by atomic mass is 35.5. The van der Waals surface area contributed by atoms with Crippen LogP contribution in [-0.4, -0.2) is 25.3 Å². The number of hydrogen-bond donors (Lipinski definition) is 0. The Balaban J connectivity index is 2.49. The lowest BCUT2D eigenvalue weighted by Crippen LogP contribution is -2.12. The summed E-state index contributed by atoms with van der Waals surface area (Å²) in [6.07, 6.45) is 0. The first-order valence-electron chi connectivity index (χ1n) is 6.46. The molecule has 2 rings (SSSR count). The maximum atomic E-state index is 11.6. The maximum absolute atomic E-state index is 11.6. The molecule has 1 heterocycles. The van der Waals surface area contributed by atoms with Crippen LogP contribution in [0, 0.1) is 11.3 Å². The normalized spacial score (nSPS) is 14.1. The summed E-state index contributed by atoms with van der Waals surface area (Å²) in [4.78, 5) is 4.51. The third-order valence-electron chi connectivity index (χ3n) is 3.13. The smallest absolute Gasteiger partial charge is 0.127 e. The Morgan fingerprint density at radius 3 is 2.90 bits per heavy atom. The zero-order valence-corrected chi connectivity index (χ0v) is 13.0. The lowest BCUT2D eigenvalue weighted by Gasteiger charge is -2.10. The number of alkyl halides is 1. The Morgan fingerprint density at radius 2 is 2.30 bits per heavy atom. The van der Waals surface area contributed by atoms with E-state index in [1.807, 2.05) is 24.5 Å². The number of halogens is 1. The highest BCUT2D eigenvalue weighted by molar-refractivity contribution is 7.84. The van der Waals surface area contributed by atoms with E-state index < -0.39 is 10.8 Å². The van der Waals surface area contributed by atoms with Crippen LogP contribution < -0.4 is 0 Å². The Labute approximate surface area is 125 Å². The quantitative estimate of drug-likeness (QED) is 0.798. The number of rotatable bonds is 5. The fraction of sp³-hybridized carbons (Fsp3) is 0.429. The molecule has 106 valence electrons. The first kappa shape index (κ1) is 15.0. The van der Waals surface area contributed by atoms with Gasteiger partial charge in [-0.05, 0) is 25.1 Å². The number of nitriles is 1. The summed E-state index contributed by atoms with van der Waals surface area (Å²) in [6, 6.07) is 7.50. The van der Waals surface area contributed by atoms with Gasteiger partial charge in [-0.3, -0.25) is 4.21 Å². The molecule has 6 heteroatoms. The fourth-order valence-electron chi connectivity index (χ4n) is 2.09. The summed E-state index contributed by atoms with van der Waals surface area (Å²) in [7, 11) is -0.840. The molecule has 0 aliphatic rings. The molecule has 0 N–H and O–H groups in total. The van der Waals surface area contributed by atoms with Crippen molar-refractivity contribution in [3.63, 3.8) is 0 Å². The van der Waals surface area contributed by atoms with Crippen molar-refractivity contribution in [1.82, 2.24) is 9.55 Å². The molecule has 20 heavy (non-hydrogen) atoms. The molecule has 0 saturated heterocycles. The zero-order valence-electron chi connectivity index (χ0n) is 11.5. The SMILES string of the molecule is CCS(=O)CCn1c(C(C)Cl)nc2ccc(C#N)cc21. The van der Waals surface area contributed by atoms with Crippen LogP contribution in [0.1, 0.15) is 30.6 Å². The number of imidazole rings is 1. The number of aromatic nitrogens is 2. The second kappa shape index (κ2) is 6.38. The predicted molar refractivity (Wildman–Crippen MR) is 82.3 cm³/mol. The predicted octanol–water partition coefficient (Wildman–Crippen LogP) is 2.98. The van der Waals surface area contributed by atoms with Crippen molar-refractivity contribution in [3.05, 3.63) is 29.6 Å². The summed E-state index contributed by atoms with van der Waals surface area (Å²) >= 11 is 6.18. The summed E-state index contributed by atoms with van der Waals surface area (Å²) in [5.74, 6) is 1.96. The minimum Gasteiger partial charge on any atom is -0.326 e. The van der Waals surface area contributed by atoms with Crippen molar-refractivity contribution >= 4 is 33.4 Å². The van der Waals surface area contributed by atoms with Gasteiger partial charge in [0.05, 0.1) is 28.0 Å². The van der Waals surface area contributed by atoms with Crippen LogP contribution in [0.15, 0.2) is 18.2 Å². The highest BCUT2D eigenvalue weighted by Crippen LogP contribution is 2.25. The van der Waals surface area contributed by atoms with E-state index in [2.05, 4.69) is 11.1 Å². The number of nitrogens with zero attached hydrogens (tertiary/aromatic N) is 3. The molecule has 0 radical (unpaired) electrons. The second-order valence-electron chi connectivity index (χ2n) is 4.49. The molecule has 0 aliphatic carbocycles. The van der Waals surface area contributed by atoms with E-state index in [1.54, 1.807) is 12.1 Å². The van der Waals surface area contributed by atoms with Gasteiger partial charge in [0.15, 0.2) is 0 Å². The fourth-order valence-corrected chi connectivity index (χ4v) is 2.93. The Morgan fingerprint density at radius 1 is 1.55 bits per heavy atom. The molecule has 0 spiro atoms. The van der Waals surface area contributed by atoms with E-state index >= 15 is 0 Å². The minimum absolute atomic E-state index is 0.233. The van der Waals surface area contributed by atoms with E-state index in [9.17, 15) is 4.21 Å². The lowest BCUT2D eigenvalue weighted by molar-refractivity contribution is 0.669. The van der Waals surface area contributed by atoms with Gasteiger partial charge < -0.3 is 4.57 Å². The molecule has 0 bridgehead atoms. The van der Waals surface area contributed by atoms with E-state index in [0.717, 1.165) is 16.9 Å². The number of hydrogen-bond acceptors (Lipinski definition) is 3. The lowest BCUT2D eigenvalue weighted by atomic mass is 10.2. The van der Waals surface area contributed by atoms with Gasteiger partial charge in [0.25, 0.3) is 0 Å². The first-order valence-corrected chi connectivity index (χ1v) is 8.38. The summed E-state index contributed by atoms with van der Waals surface area (Å²) < 4.78 is 13.6.